The fraction of sp³-hybridized carbons (Fsp3) is 0.333. The van der Waals surface area contributed by atoms with Gasteiger partial charge in [0, 0.05) is 32.1 Å². The molecular formula is C21H21NO8S. The number of nitrogens with zero attached hydrogens (tertiary/aromatic N) is 1. The van der Waals surface area contributed by atoms with E-state index in [1.807, 2.05) is 0 Å². The van der Waals surface area contributed by atoms with Crippen LogP contribution in [0.4, 0.5) is 0 Å². The van der Waals surface area contributed by atoms with Crippen LogP contribution >= 0.6 is 0 Å². The Morgan fingerprint density at radius 2 is 1.94 bits per heavy atom. The van der Waals surface area contributed by atoms with E-state index in [-0.39, 0.29) is 51.7 Å². The van der Waals surface area contributed by atoms with Gasteiger partial charge >= 0.3 is 5.97 Å². The van der Waals surface area contributed by atoms with Crippen LogP contribution in [0.15, 0.2) is 41.3 Å². The quantitative estimate of drug-likeness (QED) is 0.742. The summed E-state index contributed by atoms with van der Waals surface area (Å²) in [5.74, 6) is -0.506. The van der Waals surface area contributed by atoms with Crippen molar-refractivity contribution in [2.45, 2.75) is 23.8 Å². The van der Waals surface area contributed by atoms with Crippen LogP contribution in [0.5, 0.6) is 23.0 Å². The number of carboxylic acids is 1. The minimum Gasteiger partial charge on any atom is -0.492 e. The second-order valence-electron chi connectivity index (χ2n) is 7.38. The zero-order valence-electron chi connectivity index (χ0n) is 16.7. The zero-order chi connectivity index (χ0) is 22.2. The molecule has 2 aliphatic rings. The van der Waals surface area contributed by atoms with Crippen LogP contribution in [0.3, 0.4) is 0 Å². The third-order valence-electron chi connectivity index (χ3n) is 5.08. The number of hydrogen-bond acceptors (Lipinski definition) is 7. The first-order chi connectivity index (χ1) is 14.7. The van der Waals surface area contributed by atoms with E-state index in [1.165, 1.54) is 36.4 Å². The van der Waals surface area contributed by atoms with E-state index in [0.29, 0.717) is 19.4 Å². The molecule has 31 heavy (non-hydrogen) atoms. The highest BCUT2D eigenvalue weighted by atomic mass is 32.2. The maximum atomic E-state index is 12.3. The number of likely N-dealkylation sites (tertiary alicyclic amines) is 1. The molecule has 0 bridgehead atoms. The predicted octanol–water partition coefficient (Wildman–Crippen LogP) is 2.34. The van der Waals surface area contributed by atoms with Gasteiger partial charge in [-0.05, 0) is 30.7 Å². The Labute approximate surface area is 179 Å². The Morgan fingerprint density at radius 1 is 1.16 bits per heavy atom. The molecule has 0 radical (unpaired) electrons. The van der Waals surface area contributed by atoms with Gasteiger partial charge in [0.15, 0.2) is 15.9 Å². The molecule has 164 valence electrons. The van der Waals surface area contributed by atoms with Gasteiger partial charge in [-0.15, -0.1) is 0 Å². The van der Waals surface area contributed by atoms with Crippen molar-refractivity contribution in [3.63, 3.8) is 0 Å². The zero-order valence-corrected chi connectivity index (χ0v) is 17.6. The van der Waals surface area contributed by atoms with Crippen LogP contribution in [-0.2, 0) is 14.6 Å². The van der Waals surface area contributed by atoms with E-state index in [1.54, 1.807) is 11.9 Å². The van der Waals surface area contributed by atoms with E-state index in [4.69, 9.17) is 14.2 Å². The third-order valence-corrected chi connectivity index (χ3v) is 6.92. The smallest absolute Gasteiger partial charge is 0.335 e. The van der Waals surface area contributed by atoms with Gasteiger partial charge in [0.25, 0.3) is 5.91 Å². The van der Waals surface area contributed by atoms with E-state index < -0.39 is 21.9 Å². The molecule has 1 saturated heterocycles. The van der Waals surface area contributed by atoms with Crippen LogP contribution in [0, 0.1) is 0 Å². The van der Waals surface area contributed by atoms with Gasteiger partial charge in [0.2, 0.25) is 0 Å². The fourth-order valence-electron chi connectivity index (χ4n) is 3.48. The number of amides is 1. The lowest BCUT2D eigenvalue weighted by Gasteiger charge is -2.15. The summed E-state index contributed by atoms with van der Waals surface area (Å²) in [5, 5.41) is 9.43. The van der Waals surface area contributed by atoms with Crippen molar-refractivity contribution in [3.8, 4) is 23.0 Å². The topological polar surface area (TPSA) is 119 Å². The minimum atomic E-state index is -3.43. The summed E-state index contributed by atoms with van der Waals surface area (Å²) in [6.07, 6.45) is 0.205. The lowest BCUT2D eigenvalue weighted by Crippen LogP contribution is -2.29. The molecule has 4 rings (SSSR count). The molecular weight excluding hydrogens is 426 g/mol. The molecule has 0 spiro atoms. The Kier molecular flexibility index (Phi) is 5.48. The van der Waals surface area contributed by atoms with Crippen molar-refractivity contribution in [1.29, 1.82) is 0 Å². The molecule has 9 nitrogen and oxygen atoms in total. The van der Waals surface area contributed by atoms with Crippen molar-refractivity contribution in [1.82, 2.24) is 4.90 Å². The van der Waals surface area contributed by atoms with Gasteiger partial charge < -0.3 is 24.2 Å². The highest BCUT2D eigenvalue weighted by Crippen LogP contribution is 2.35. The SMILES string of the molecule is CN1CC[C@H](Oc2cc(Oc3ccc4c(c3)OCCCS4(=O)=O)cc(C(=O)O)c2)C1=O. The van der Waals surface area contributed by atoms with Gasteiger partial charge in [-0.1, -0.05) is 0 Å². The van der Waals surface area contributed by atoms with Crippen molar-refractivity contribution in [3.05, 3.63) is 42.0 Å². The van der Waals surface area contributed by atoms with Gasteiger partial charge in [0.1, 0.15) is 27.9 Å². The molecule has 2 aromatic carbocycles. The minimum absolute atomic E-state index is 0.0106. The molecule has 0 aromatic heterocycles. The number of rotatable bonds is 5. The average Bonchev–Trinajstić information content (AvgIpc) is 2.94. The number of fused-ring (bicyclic) bond motifs is 1. The van der Waals surface area contributed by atoms with Gasteiger partial charge in [0.05, 0.1) is 17.9 Å². The second-order valence-corrected chi connectivity index (χ2v) is 9.46. The molecule has 2 aliphatic heterocycles. The largest absolute Gasteiger partial charge is 0.492 e. The van der Waals surface area contributed by atoms with Crippen LogP contribution in [-0.4, -0.2) is 62.4 Å². The number of benzene rings is 2. The van der Waals surface area contributed by atoms with Crippen LogP contribution in [0.25, 0.3) is 0 Å². The molecule has 2 aromatic rings. The summed E-state index contributed by atoms with van der Waals surface area (Å²) in [6.45, 7) is 0.829. The number of ether oxygens (including phenoxy) is 3. The molecule has 1 fully saturated rings. The van der Waals surface area contributed by atoms with E-state index >= 15 is 0 Å². The Hall–Kier alpha value is -3.27. The first-order valence-corrected chi connectivity index (χ1v) is 11.4. The summed E-state index contributed by atoms with van der Waals surface area (Å²) in [6, 6.07) is 8.49. The van der Waals surface area contributed by atoms with Gasteiger partial charge in [-0.25, -0.2) is 13.2 Å². The Bertz CT molecular complexity index is 1140. The van der Waals surface area contributed by atoms with E-state index in [2.05, 4.69) is 0 Å². The number of hydrogen-bond donors (Lipinski definition) is 1. The lowest BCUT2D eigenvalue weighted by molar-refractivity contribution is -0.132. The average molecular weight is 447 g/mol. The summed E-state index contributed by atoms with van der Waals surface area (Å²) >= 11 is 0. The van der Waals surface area contributed by atoms with Gasteiger partial charge in [-0.2, -0.15) is 0 Å². The first kappa shape index (κ1) is 21.0. The standard InChI is InChI=1S/C21H21NO8S/c1-22-6-5-17(20(22)23)30-16-10-13(21(24)25)9-15(11-16)29-14-3-4-19-18(12-14)28-7-2-8-31(19,26)27/h3-4,9-12,17H,2,5-8H2,1H3,(H,24,25)/t17-/m0/s1. The van der Waals surface area contributed by atoms with Gasteiger partial charge in [-0.3, -0.25) is 4.79 Å². The summed E-state index contributed by atoms with van der Waals surface area (Å²) in [7, 11) is -1.76. The summed E-state index contributed by atoms with van der Waals surface area (Å²) < 4.78 is 41.7. The Morgan fingerprint density at radius 3 is 2.65 bits per heavy atom. The van der Waals surface area contributed by atoms with Crippen molar-refractivity contribution < 1.29 is 37.3 Å². The molecule has 2 heterocycles. The third kappa shape index (κ3) is 4.43. The maximum absolute atomic E-state index is 12.3. The lowest BCUT2D eigenvalue weighted by atomic mass is 10.2. The second kappa shape index (κ2) is 8.10. The molecule has 1 N–H and O–H groups in total. The van der Waals surface area contributed by atoms with Crippen molar-refractivity contribution in [2.75, 3.05) is 26.0 Å². The summed E-state index contributed by atoms with van der Waals surface area (Å²) in [4.78, 5) is 25.3. The normalized spacial score (nSPS) is 19.8. The van der Waals surface area contributed by atoms with Crippen molar-refractivity contribution in [2.24, 2.45) is 0 Å². The van der Waals surface area contributed by atoms with Crippen molar-refractivity contribution >= 4 is 21.7 Å². The Balaban J connectivity index is 1.62. The van der Waals surface area contributed by atoms with Crippen LogP contribution < -0.4 is 14.2 Å². The number of likely N-dealkylation sites (N-methyl/N-ethyl adjacent to an activating group) is 1. The fourth-order valence-corrected chi connectivity index (χ4v) is 4.90. The molecule has 10 heteroatoms. The number of aromatic carboxylic acids is 1. The molecule has 1 amide bonds. The van der Waals surface area contributed by atoms with E-state index in [0.717, 1.165) is 0 Å². The van der Waals surface area contributed by atoms with E-state index in [9.17, 15) is 23.1 Å². The van der Waals surface area contributed by atoms with Crippen LogP contribution in [0.2, 0.25) is 0 Å². The highest BCUT2D eigenvalue weighted by molar-refractivity contribution is 7.91. The predicted molar refractivity (Wildman–Crippen MR) is 109 cm³/mol. The number of sulfone groups is 1. The maximum Gasteiger partial charge on any atom is 0.335 e. The monoisotopic (exact) mass is 447 g/mol. The van der Waals surface area contributed by atoms with Crippen LogP contribution in [0.1, 0.15) is 23.2 Å². The molecule has 1 atom stereocenters. The highest BCUT2D eigenvalue weighted by Gasteiger charge is 2.31. The number of carboxylic acid groups (broad SMARTS) is 1. The molecule has 0 aliphatic carbocycles. The first-order valence-electron chi connectivity index (χ1n) is 9.70. The molecule has 0 unspecified atom stereocenters. The molecule has 0 saturated carbocycles. The number of carbonyl (C=O) groups is 2. The summed E-state index contributed by atoms with van der Waals surface area (Å²) in [5.41, 5.74) is -0.0695. The number of carbonyl (C=O) groups excluding carboxylic acids is 1.